The largest absolute Gasteiger partial charge is 0.395 e. The lowest BCUT2D eigenvalue weighted by Gasteiger charge is -2.04. The predicted molar refractivity (Wildman–Crippen MR) is 54.9 cm³/mol. The van der Waals surface area contributed by atoms with Gasteiger partial charge in [-0.15, -0.1) is 12.4 Å². The molecule has 14 heavy (non-hydrogen) atoms. The lowest BCUT2D eigenvalue weighted by atomic mass is 10.4. The average Bonchev–Trinajstić information content (AvgIpc) is 2.09. The number of hydrogen-bond donors (Lipinski definition) is 5. The number of aliphatic hydroxyl groups excluding tert-OH is 1. The quantitative estimate of drug-likeness (QED) is 0.425. The molecule has 0 bridgehead atoms. The number of H-pyrrole nitrogens is 2. The zero-order chi connectivity index (χ0) is 9.84. The van der Waals surface area contributed by atoms with Crippen molar-refractivity contribution in [1.82, 2.24) is 9.97 Å². The van der Waals surface area contributed by atoms with Crippen molar-refractivity contribution in [2.45, 2.75) is 0 Å². The average molecular weight is 223 g/mol. The van der Waals surface area contributed by atoms with Gasteiger partial charge in [-0.3, -0.25) is 14.8 Å². The molecule has 6 N–H and O–H groups in total. The van der Waals surface area contributed by atoms with E-state index < -0.39 is 11.2 Å². The maximum absolute atomic E-state index is 10.9. The summed E-state index contributed by atoms with van der Waals surface area (Å²) in [6.07, 6.45) is 0. The summed E-state index contributed by atoms with van der Waals surface area (Å²) in [6, 6.07) is 0. The smallest absolute Gasteiger partial charge is 0.327 e. The van der Waals surface area contributed by atoms with Gasteiger partial charge in [0, 0.05) is 6.54 Å². The lowest BCUT2D eigenvalue weighted by Crippen LogP contribution is -2.27. The third-order valence-corrected chi connectivity index (χ3v) is 1.39. The Morgan fingerprint density at radius 1 is 1.36 bits per heavy atom. The van der Waals surface area contributed by atoms with Crippen LogP contribution in [0.2, 0.25) is 0 Å². The Morgan fingerprint density at radius 3 is 2.57 bits per heavy atom. The molecule has 1 aromatic rings. The fourth-order valence-electron chi connectivity index (χ4n) is 0.816. The first kappa shape index (κ1) is 12.5. The van der Waals surface area contributed by atoms with Gasteiger partial charge in [-0.05, 0) is 0 Å². The van der Waals surface area contributed by atoms with Crippen LogP contribution in [-0.2, 0) is 0 Å². The monoisotopic (exact) mass is 222 g/mol. The molecular weight excluding hydrogens is 212 g/mol. The maximum Gasteiger partial charge on any atom is 0.327 e. The summed E-state index contributed by atoms with van der Waals surface area (Å²) in [5, 5.41) is 11.1. The first-order chi connectivity index (χ1) is 6.15. The van der Waals surface area contributed by atoms with E-state index in [-0.39, 0.29) is 37.1 Å². The minimum Gasteiger partial charge on any atom is -0.395 e. The lowest BCUT2D eigenvalue weighted by molar-refractivity contribution is 0.311. The fraction of sp³-hybridized carbons (Fsp3) is 0.333. The number of aliphatic hydroxyl groups is 1. The van der Waals surface area contributed by atoms with E-state index in [0.29, 0.717) is 0 Å². The van der Waals surface area contributed by atoms with Crippen molar-refractivity contribution >= 4 is 23.9 Å². The van der Waals surface area contributed by atoms with E-state index >= 15 is 0 Å². The summed E-state index contributed by atoms with van der Waals surface area (Å²) in [7, 11) is 0. The van der Waals surface area contributed by atoms with Crippen LogP contribution in [0.1, 0.15) is 0 Å². The second-order valence-electron chi connectivity index (χ2n) is 2.35. The Morgan fingerprint density at radius 2 is 2.00 bits per heavy atom. The predicted octanol–water partition coefficient (Wildman–Crippen LogP) is -1.53. The SMILES string of the molecule is Cl.Nc1c(NCCO)[nH]c(=O)[nH]c1=O. The number of nitrogens with two attached hydrogens (primary N) is 1. The van der Waals surface area contributed by atoms with Crippen LogP contribution in [0, 0.1) is 0 Å². The zero-order valence-corrected chi connectivity index (χ0v) is 7.98. The standard InChI is InChI=1S/C6H10N4O3.ClH/c7-3-4(8-1-2-11)9-6(13)10-5(3)12;/h11H,1-2,7H2,(H3,8,9,10,12,13);1H. The van der Waals surface area contributed by atoms with Crippen LogP contribution in [0.3, 0.4) is 0 Å². The Hall–Kier alpha value is -1.47. The van der Waals surface area contributed by atoms with Crippen LogP contribution in [0.4, 0.5) is 11.5 Å². The molecule has 0 radical (unpaired) electrons. The van der Waals surface area contributed by atoms with Crippen molar-refractivity contribution in [3.8, 4) is 0 Å². The van der Waals surface area contributed by atoms with Gasteiger partial charge < -0.3 is 16.2 Å². The molecule has 1 rings (SSSR count). The third kappa shape index (κ3) is 2.79. The van der Waals surface area contributed by atoms with Crippen LogP contribution >= 0.6 is 12.4 Å². The van der Waals surface area contributed by atoms with E-state index in [1.54, 1.807) is 0 Å². The van der Waals surface area contributed by atoms with Crippen molar-refractivity contribution in [2.75, 3.05) is 24.2 Å². The molecule has 0 saturated carbocycles. The summed E-state index contributed by atoms with van der Waals surface area (Å²) < 4.78 is 0. The number of rotatable bonds is 3. The van der Waals surface area contributed by atoms with Gasteiger partial charge in [0.15, 0.2) is 0 Å². The second-order valence-corrected chi connectivity index (χ2v) is 2.35. The molecule has 0 amide bonds. The highest BCUT2D eigenvalue weighted by atomic mass is 35.5. The Labute approximate surface area is 84.8 Å². The van der Waals surface area contributed by atoms with Crippen molar-refractivity contribution < 1.29 is 5.11 Å². The third-order valence-electron chi connectivity index (χ3n) is 1.39. The van der Waals surface area contributed by atoms with Gasteiger partial charge in [0.25, 0.3) is 5.56 Å². The molecule has 7 nitrogen and oxygen atoms in total. The molecule has 0 aliphatic rings. The molecule has 1 heterocycles. The highest BCUT2D eigenvalue weighted by molar-refractivity contribution is 5.85. The van der Waals surface area contributed by atoms with Gasteiger partial charge in [-0.2, -0.15) is 0 Å². The van der Waals surface area contributed by atoms with Crippen molar-refractivity contribution in [3.05, 3.63) is 20.8 Å². The Bertz CT molecular complexity index is 399. The molecule has 80 valence electrons. The van der Waals surface area contributed by atoms with E-state index in [1.807, 2.05) is 4.98 Å². The maximum atomic E-state index is 10.9. The summed E-state index contributed by atoms with van der Waals surface area (Å²) in [4.78, 5) is 25.9. The summed E-state index contributed by atoms with van der Waals surface area (Å²) in [5.74, 6) is 0.128. The van der Waals surface area contributed by atoms with Gasteiger partial charge in [-0.25, -0.2) is 4.79 Å². The Balaban J connectivity index is 0.00000169. The minimum atomic E-state index is -0.649. The number of aromatic nitrogens is 2. The van der Waals surface area contributed by atoms with E-state index in [9.17, 15) is 9.59 Å². The Kier molecular flexibility index (Phi) is 4.74. The molecule has 0 spiro atoms. The first-order valence-corrected chi connectivity index (χ1v) is 3.62. The highest BCUT2D eigenvalue weighted by Gasteiger charge is 2.03. The highest BCUT2D eigenvalue weighted by Crippen LogP contribution is 2.03. The molecule has 1 aromatic heterocycles. The topological polar surface area (TPSA) is 124 Å². The molecule has 0 aliphatic heterocycles. The van der Waals surface area contributed by atoms with Gasteiger partial charge in [0.2, 0.25) is 0 Å². The normalized spacial score (nSPS) is 9.21. The summed E-state index contributed by atoms with van der Waals surface area (Å²) in [6.45, 7) is 0.0951. The van der Waals surface area contributed by atoms with E-state index in [0.717, 1.165) is 0 Å². The number of hydrogen-bond acceptors (Lipinski definition) is 5. The molecule has 0 unspecified atom stereocenters. The number of nitrogens with one attached hydrogen (secondary N) is 3. The summed E-state index contributed by atoms with van der Waals surface area (Å²) >= 11 is 0. The van der Waals surface area contributed by atoms with Crippen molar-refractivity contribution in [1.29, 1.82) is 0 Å². The molecule has 0 fully saturated rings. The molecule has 0 atom stereocenters. The fourth-order valence-corrected chi connectivity index (χ4v) is 0.816. The van der Waals surface area contributed by atoms with Crippen LogP contribution in [0.5, 0.6) is 0 Å². The van der Waals surface area contributed by atoms with E-state index in [4.69, 9.17) is 10.8 Å². The van der Waals surface area contributed by atoms with Crippen LogP contribution < -0.4 is 22.3 Å². The van der Waals surface area contributed by atoms with Gasteiger partial charge >= 0.3 is 5.69 Å². The zero-order valence-electron chi connectivity index (χ0n) is 7.16. The van der Waals surface area contributed by atoms with Gasteiger partial charge in [-0.1, -0.05) is 0 Å². The molecule has 0 saturated heterocycles. The van der Waals surface area contributed by atoms with Gasteiger partial charge in [0.1, 0.15) is 11.5 Å². The molecule has 0 aromatic carbocycles. The molecular formula is C6H11ClN4O3. The van der Waals surface area contributed by atoms with Gasteiger partial charge in [0.05, 0.1) is 6.61 Å². The van der Waals surface area contributed by atoms with E-state index in [1.165, 1.54) is 0 Å². The number of nitrogen functional groups attached to an aromatic ring is 1. The molecule has 8 heteroatoms. The number of halogens is 1. The van der Waals surface area contributed by atoms with E-state index in [2.05, 4.69) is 10.3 Å². The van der Waals surface area contributed by atoms with Crippen molar-refractivity contribution in [3.63, 3.8) is 0 Å². The van der Waals surface area contributed by atoms with Crippen molar-refractivity contribution in [2.24, 2.45) is 0 Å². The second kappa shape index (κ2) is 5.30. The van der Waals surface area contributed by atoms with Crippen LogP contribution in [-0.4, -0.2) is 28.2 Å². The first-order valence-electron chi connectivity index (χ1n) is 3.62. The molecule has 0 aliphatic carbocycles. The number of anilines is 2. The van der Waals surface area contributed by atoms with Crippen LogP contribution in [0.25, 0.3) is 0 Å². The number of aromatic amines is 2. The minimum absolute atomic E-state index is 0. The van der Waals surface area contributed by atoms with Crippen LogP contribution in [0.15, 0.2) is 9.59 Å². The summed E-state index contributed by atoms with van der Waals surface area (Å²) in [5.41, 5.74) is 3.94.